The third kappa shape index (κ3) is 5.81. The van der Waals surface area contributed by atoms with E-state index in [1.54, 1.807) is 41.5 Å². The summed E-state index contributed by atoms with van der Waals surface area (Å²) in [7, 11) is 0. The summed E-state index contributed by atoms with van der Waals surface area (Å²) in [4.78, 5) is 30.6. The Morgan fingerprint density at radius 1 is 1.09 bits per heavy atom. The molecular formula is C15H28N2O5. The lowest BCUT2D eigenvalue weighted by Crippen LogP contribution is -2.44. The molecule has 0 spiro atoms. The van der Waals surface area contributed by atoms with Gasteiger partial charge in [0.15, 0.2) is 0 Å². The van der Waals surface area contributed by atoms with Crippen molar-refractivity contribution in [1.29, 1.82) is 0 Å². The van der Waals surface area contributed by atoms with Crippen molar-refractivity contribution in [3.8, 4) is 0 Å². The summed E-state index contributed by atoms with van der Waals surface area (Å²) in [6.45, 7) is 11.4. The number of nitrogens with two attached hydrogens (primary N) is 1. The molecule has 0 bridgehead atoms. The van der Waals surface area contributed by atoms with Crippen LogP contribution >= 0.6 is 0 Å². The third-order valence-corrected chi connectivity index (χ3v) is 3.10. The quantitative estimate of drug-likeness (QED) is 0.632. The molecule has 1 aliphatic rings. The first-order chi connectivity index (χ1) is 9.86. The first-order valence-electron chi connectivity index (χ1n) is 7.43. The van der Waals surface area contributed by atoms with Crippen LogP contribution in [0.1, 0.15) is 54.4 Å². The molecule has 7 nitrogen and oxygen atoms in total. The molecule has 7 heteroatoms. The van der Waals surface area contributed by atoms with Gasteiger partial charge in [-0.05, 0) is 48.0 Å². The zero-order valence-electron chi connectivity index (χ0n) is 14.4. The molecule has 1 atom stereocenters. The number of esters is 1. The minimum atomic E-state index is -0.917. The maximum absolute atomic E-state index is 12.1. The first kappa shape index (κ1) is 18.7. The molecular weight excluding hydrogens is 288 g/mol. The van der Waals surface area contributed by atoms with Crippen LogP contribution in [0, 0.1) is 0 Å². The van der Waals surface area contributed by atoms with Crippen LogP contribution in [-0.4, -0.2) is 46.9 Å². The SMILES string of the molecule is CC(C)(C)OC(=O)CC1(ON)CCN(C(=O)OC(C)(C)C)C1. The van der Waals surface area contributed by atoms with Crippen molar-refractivity contribution in [3.63, 3.8) is 0 Å². The maximum Gasteiger partial charge on any atom is 0.410 e. The van der Waals surface area contributed by atoms with Crippen LogP contribution in [0.3, 0.4) is 0 Å². The van der Waals surface area contributed by atoms with Crippen molar-refractivity contribution >= 4 is 12.1 Å². The van der Waals surface area contributed by atoms with Crippen LogP contribution in [0.25, 0.3) is 0 Å². The van der Waals surface area contributed by atoms with Gasteiger partial charge in [-0.1, -0.05) is 0 Å². The number of amides is 1. The molecule has 0 radical (unpaired) electrons. The molecule has 128 valence electrons. The third-order valence-electron chi connectivity index (χ3n) is 3.10. The molecule has 1 amide bonds. The van der Waals surface area contributed by atoms with E-state index in [1.807, 2.05) is 0 Å². The number of ether oxygens (including phenoxy) is 2. The van der Waals surface area contributed by atoms with Gasteiger partial charge < -0.3 is 14.4 Å². The van der Waals surface area contributed by atoms with Crippen molar-refractivity contribution in [2.24, 2.45) is 5.90 Å². The molecule has 1 heterocycles. The Balaban J connectivity index is 2.66. The number of hydrogen-bond acceptors (Lipinski definition) is 6. The minimum absolute atomic E-state index is 0.0000673. The number of rotatable bonds is 3. The molecule has 0 aromatic rings. The molecule has 0 saturated carbocycles. The maximum atomic E-state index is 12.1. The van der Waals surface area contributed by atoms with Crippen molar-refractivity contribution < 1.29 is 23.9 Å². The fourth-order valence-electron chi connectivity index (χ4n) is 2.25. The minimum Gasteiger partial charge on any atom is -0.460 e. The molecule has 1 aliphatic heterocycles. The molecule has 0 aliphatic carbocycles. The van der Waals surface area contributed by atoms with Gasteiger partial charge in [-0.15, -0.1) is 0 Å². The Labute approximate surface area is 132 Å². The zero-order chi connectivity index (χ0) is 17.2. The molecule has 22 heavy (non-hydrogen) atoms. The summed E-state index contributed by atoms with van der Waals surface area (Å²) in [6, 6.07) is 0. The highest BCUT2D eigenvalue weighted by Gasteiger charge is 2.44. The summed E-state index contributed by atoms with van der Waals surface area (Å²) < 4.78 is 10.6. The van der Waals surface area contributed by atoms with E-state index < -0.39 is 28.9 Å². The highest BCUT2D eigenvalue weighted by Crippen LogP contribution is 2.30. The summed E-state index contributed by atoms with van der Waals surface area (Å²) in [5, 5.41) is 0. The predicted molar refractivity (Wildman–Crippen MR) is 80.9 cm³/mol. The van der Waals surface area contributed by atoms with Crippen LogP contribution in [0.4, 0.5) is 4.79 Å². The summed E-state index contributed by atoms with van der Waals surface area (Å²) in [6.07, 6.45) is 0.0258. The largest absolute Gasteiger partial charge is 0.460 e. The zero-order valence-corrected chi connectivity index (χ0v) is 14.4. The van der Waals surface area contributed by atoms with Crippen molar-refractivity contribution in [2.45, 2.75) is 71.2 Å². The summed E-state index contributed by atoms with van der Waals surface area (Å²) >= 11 is 0. The van der Waals surface area contributed by atoms with E-state index in [4.69, 9.17) is 20.2 Å². The number of carbonyl (C=O) groups excluding carboxylic acids is 2. The second-order valence-corrected chi connectivity index (χ2v) is 7.72. The monoisotopic (exact) mass is 316 g/mol. The summed E-state index contributed by atoms with van der Waals surface area (Å²) in [5.41, 5.74) is -2.06. The van der Waals surface area contributed by atoms with E-state index in [9.17, 15) is 9.59 Å². The van der Waals surface area contributed by atoms with Crippen LogP contribution in [0.5, 0.6) is 0 Å². The molecule has 1 saturated heterocycles. The Hall–Kier alpha value is -1.34. The lowest BCUT2D eigenvalue weighted by Gasteiger charge is -2.29. The van der Waals surface area contributed by atoms with Crippen LogP contribution in [0.15, 0.2) is 0 Å². The highest BCUT2D eigenvalue weighted by molar-refractivity contribution is 5.72. The van der Waals surface area contributed by atoms with Gasteiger partial charge in [-0.2, -0.15) is 0 Å². The second-order valence-electron chi connectivity index (χ2n) is 7.72. The topological polar surface area (TPSA) is 91.1 Å². The van der Waals surface area contributed by atoms with Gasteiger partial charge >= 0.3 is 12.1 Å². The molecule has 0 aromatic heterocycles. The normalized spacial score (nSPS) is 22.6. The molecule has 1 rings (SSSR count). The Bertz CT molecular complexity index is 425. The summed E-state index contributed by atoms with van der Waals surface area (Å²) in [5.74, 6) is 4.98. The van der Waals surface area contributed by atoms with Gasteiger partial charge in [0.05, 0.1) is 13.0 Å². The predicted octanol–water partition coefficient (Wildman–Crippen LogP) is 1.99. The second kappa shape index (κ2) is 6.42. The lowest BCUT2D eigenvalue weighted by atomic mass is 9.99. The van der Waals surface area contributed by atoms with Gasteiger partial charge in [-0.25, -0.2) is 10.7 Å². The van der Waals surface area contributed by atoms with Gasteiger partial charge in [0.2, 0.25) is 0 Å². The van der Waals surface area contributed by atoms with Gasteiger partial charge in [0.1, 0.15) is 16.8 Å². The van der Waals surface area contributed by atoms with Crippen LogP contribution in [-0.2, 0) is 19.1 Å². The average Bonchev–Trinajstić information content (AvgIpc) is 2.69. The fraction of sp³-hybridized carbons (Fsp3) is 0.867. The smallest absolute Gasteiger partial charge is 0.410 e. The van der Waals surface area contributed by atoms with Gasteiger partial charge in [0.25, 0.3) is 0 Å². The standard InChI is InChI=1S/C15H28N2O5/c1-13(2,3)20-11(18)9-15(22-16)7-8-17(10-15)12(19)21-14(4,5)6/h7-10,16H2,1-6H3. The van der Waals surface area contributed by atoms with Crippen molar-refractivity contribution in [3.05, 3.63) is 0 Å². The Morgan fingerprint density at radius 3 is 2.09 bits per heavy atom. The van der Waals surface area contributed by atoms with E-state index in [2.05, 4.69) is 0 Å². The fourth-order valence-corrected chi connectivity index (χ4v) is 2.25. The van der Waals surface area contributed by atoms with E-state index in [1.165, 1.54) is 4.90 Å². The van der Waals surface area contributed by atoms with Gasteiger partial charge in [0, 0.05) is 6.54 Å². The Morgan fingerprint density at radius 2 is 1.64 bits per heavy atom. The molecule has 0 aromatic carbocycles. The molecule has 1 fully saturated rings. The molecule has 1 unspecified atom stereocenters. The van der Waals surface area contributed by atoms with E-state index in [-0.39, 0.29) is 13.0 Å². The number of carbonyl (C=O) groups is 2. The van der Waals surface area contributed by atoms with Crippen LogP contribution < -0.4 is 5.90 Å². The van der Waals surface area contributed by atoms with Gasteiger partial charge in [-0.3, -0.25) is 9.63 Å². The highest BCUT2D eigenvalue weighted by atomic mass is 16.6. The van der Waals surface area contributed by atoms with Crippen molar-refractivity contribution in [2.75, 3.05) is 13.1 Å². The van der Waals surface area contributed by atoms with Crippen LogP contribution in [0.2, 0.25) is 0 Å². The number of hydrogen-bond donors (Lipinski definition) is 1. The average molecular weight is 316 g/mol. The Kier molecular flexibility index (Phi) is 5.46. The van der Waals surface area contributed by atoms with Crippen molar-refractivity contribution in [1.82, 2.24) is 4.90 Å². The lowest BCUT2D eigenvalue weighted by molar-refractivity contribution is -0.163. The number of nitrogens with zero attached hydrogens (tertiary/aromatic N) is 1. The first-order valence-corrected chi connectivity index (χ1v) is 7.43. The molecule has 2 N–H and O–H groups in total. The van der Waals surface area contributed by atoms with E-state index >= 15 is 0 Å². The number of likely N-dealkylation sites (tertiary alicyclic amines) is 1. The van der Waals surface area contributed by atoms with E-state index in [0.717, 1.165) is 0 Å². The van der Waals surface area contributed by atoms with E-state index in [0.29, 0.717) is 13.0 Å².